The number of hydrogen-bond donors (Lipinski definition) is 2. The average molecular weight is 456 g/mol. The van der Waals surface area contributed by atoms with E-state index in [9.17, 15) is 22.4 Å². The summed E-state index contributed by atoms with van der Waals surface area (Å²) in [6.07, 6.45) is -6.53. The lowest BCUT2D eigenvalue weighted by atomic mass is 9.85. The van der Waals surface area contributed by atoms with Gasteiger partial charge in [0.25, 0.3) is 11.9 Å². The van der Waals surface area contributed by atoms with E-state index in [1.165, 1.54) is 31.3 Å². The van der Waals surface area contributed by atoms with Crippen LogP contribution >= 0.6 is 11.6 Å². The molecule has 2 atom stereocenters. The van der Waals surface area contributed by atoms with Crippen LogP contribution in [0.5, 0.6) is 0 Å². The Labute approximate surface area is 178 Å². The van der Waals surface area contributed by atoms with E-state index < -0.39 is 47.0 Å². The van der Waals surface area contributed by atoms with Gasteiger partial charge in [-0.05, 0) is 31.2 Å². The number of ether oxygens (including phenoxy) is 1. The van der Waals surface area contributed by atoms with Crippen molar-refractivity contribution in [1.29, 1.82) is 5.26 Å². The van der Waals surface area contributed by atoms with Crippen LogP contribution in [0.2, 0.25) is 5.02 Å². The summed E-state index contributed by atoms with van der Waals surface area (Å²) in [5, 5.41) is 10.7. The minimum atomic E-state index is -4.74. The number of carbonyl (C=O) groups is 1. The van der Waals surface area contributed by atoms with Gasteiger partial charge in [0.15, 0.2) is 6.10 Å². The number of hydrogen-bond acceptors (Lipinski definition) is 6. The molecular weight excluding hydrogens is 442 g/mol. The number of pyridine rings is 1. The molecule has 162 valence electrons. The third-order valence-electron chi connectivity index (χ3n) is 4.56. The largest absolute Gasteiger partial charge is 0.452 e. The van der Waals surface area contributed by atoms with Gasteiger partial charge >= 0.3 is 6.18 Å². The Hall–Kier alpha value is -3.39. The van der Waals surface area contributed by atoms with Gasteiger partial charge < -0.3 is 15.8 Å². The van der Waals surface area contributed by atoms with Crippen LogP contribution in [0.3, 0.4) is 0 Å². The molecule has 0 radical (unpaired) electrons. The Balaban J connectivity index is 1.96. The zero-order chi connectivity index (χ0) is 23.0. The number of amides is 1. The predicted molar refractivity (Wildman–Crippen MR) is 103 cm³/mol. The van der Waals surface area contributed by atoms with E-state index in [0.29, 0.717) is 0 Å². The molecule has 3 N–H and O–H groups in total. The number of nitrogens with two attached hydrogens (primary N) is 1. The van der Waals surface area contributed by atoms with Crippen molar-refractivity contribution < 1.29 is 27.1 Å². The topological polar surface area (TPSA) is 113 Å². The molecule has 7 nitrogen and oxygen atoms in total. The lowest BCUT2D eigenvalue weighted by Gasteiger charge is -2.36. The number of halogens is 5. The molecule has 0 saturated carbocycles. The van der Waals surface area contributed by atoms with E-state index in [1.807, 2.05) is 6.07 Å². The number of amidine groups is 1. The van der Waals surface area contributed by atoms with Gasteiger partial charge in [0.05, 0.1) is 16.1 Å². The molecule has 0 spiro atoms. The highest BCUT2D eigenvalue weighted by atomic mass is 35.5. The van der Waals surface area contributed by atoms with Crippen molar-refractivity contribution in [2.45, 2.75) is 31.2 Å². The SMILES string of the molecule is C[C@]1(c2cc(NC(=O)c3ccc(C#N)cn3)cc(F)c2Cl)C[C@@H](C(F)(F)F)OC(N)=N1. The van der Waals surface area contributed by atoms with Crippen LogP contribution in [-0.2, 0) is 10.3 Å². The summed E-state index contributed by atoms with van der Waals surface area (Å²) in [4.78, 5) is 20.1. The second-order valence-corrected chi connectivity index (χ2v) is 7.27. The first-order chi connectivity index (χ1) is 14.4. The molecule has 2 aromatic rings. The summed E-state index contributed by atoms with van der Waals surface area (Å²) in [6, 6.07) is 5.91. The molecule has 0 fully saturated rings. The highest BCUT2D eigenvalue weighted by Gasteiger charge is 2.50. The van der Waals surface area contributed by atoms with E-state index in [2.05, 4.69) is 20.0 Å². The van der Waals surface area contributed by atoms with Crippen LogP contribution in [0, 0.1) is 17.1 Å². The van der Waals surface area contributed by atoms with Crippen LogP contribution in [0.15, 0.2) is 35.5 Å². The maximum absolute atomic E-state index is 14.5. The van der Waals surface area contributed by atoms with Gasteiger partial charge in [-0.1, -0.05) is 11.6 Å². The quantitative estimate of drug-likeness (QED) is 0.682. The second kappa shape index (κ2) is 8.03. The van der Waals surface area contributed by atoms with E-state index >= 15 is 0 Å². The summed E-state index contributed by atoms with van der Waals surface area (Å²) in [5.74, 6) is -1.71. The Kier molecular flexibility index (Phi) is 5.78. The Morgan fingerprint density at radius 1 is 1.42 bits per heavy atom. The standard InChI is InChI=1S/C19H14ClF4N5O2/c1-18(6-14(19(22,23)24)31-17(26)29-18)11-4-10(5-12(21)15(11)20)28-16(30)13-3-2-9(7-25)8-27-13/h2-5,8,14H,6H2,1H3,(H2,26,29)(H,28,30)/t14-,18+/m0/s1. The molecule has 2 heterocycles. The molecule has 12 heteroatoms. The van der Waals surface area contributed by atoms with E-state index in [4.69, 9.17) is 22.6 Å². The van der Waals surface area contributed by atoms with Crippen molar-refractivity contribution in [3.63, 3.8) is 0 Å². The van der Waals surface area contributed by atoms with Crippen molar-refractivity contribution in [2.24, 2.45) is 10.7 Å². The predicted octanol–water partition coefficient (Wildman–Crippen LogP) is 3.88. The third-order valence-corrected chi connectivity index (χ3v) is 4.94. The Bertz CT molecular complexity index is 1100. The number of rotatable bonds is 3. The van der Waals surface area contributed by atoms with Crippen LogP contribution in [0.25, 0.3) is 0 Å². The number of alkyl halides is 3. The molecule has 0 aliphatic carbocycles. The first-order valence-corrected chi connectivity index (χ1v) is 9.06. The highest BCUT2D eigenvalue weighted by molar-refractivity contribution is 6.31. The zero-order valence-electron chi connectivity index (χ0n) is 15.8. The summed E-state index contributed by atoms with van der Waals surface area (Å²) in [7, 11) is 0. The lowest BCUT2D eigenvalue weighted by molar-refractivity contribution is -0.208. The van der Waals surface area contributed by atoms with E-state index in [-0.39, 0.29) is 22.5 Å². The molecule has 1 aliphatic rings. The second-order valence-electron chi connectivity index (χ2n) is 6.89. The molecule has 0 saturated heterocycles. The van der Waals surface area contributed by atoms with Crippen LogP contribution in [0.4, 0.5) is 23.2 Å². The first-order valence-electron chi connectivity index (χ1n) is 8.68. The molecule has 1 aromatic carbocycles. The van der Waals surface area contributed by atoms with Gasteiger partial charge in [-0.2, -0.15) is 18.4 Å². The fourth-order valence-electron chi connectivity index (χ4n) is 3.06. The van der Waals surface area contributed by atoms with Gasteiger partial charge in [0, 0.05) is 23.9 Å². The van der Waals surface area contributed by atoms with Crippen LogP contribution in [0.1, 0.15) is 35.0 Å². The van der Waals surface area contributed by atoms with Gasteiger partial charge in [0.2, 0.25) is 0 Å². The number of benzene rings is 1. The number of nitrogens with zero attached hydrogens (tertiary/aromatic N) is 3. The van der Waals surface area contributed by atoms with Gasteiger partial charge in [-0.25, -0.2) is 14.4 Å². The lowest BCUT2D eigenvalue weighted by Crippen LogP contribution is -2.46. The maximum atomic E-state index is 14.5. The van der Waals surface area contributed by atoms with Gasteiger partial charge in [0.1, 0.15) is 17.6 Å². The first kappa shape index (κ1) is 22.3. The fraction of sp³-hybridized carbons (Fsp3) is 0.263. The molecule has 0 unspecified atom stereocenters. The third kappa shape index (κ3) is 4.69. The van der Waals surface area contributed by atoms with Crippen molar-refractivity contribution in [1.82, 2.24) is 4.98 Å². The van der Waals surface area contributed by atoms with Crippen molar-refractivity contribution >= 4 is 29.2 Å². The van der Waals surface area contributed by atoms with Crippen molar-refractivity contribution in [3.8, 4) is 6.07 Å². The Morgan fingerprint density at radius 2 is 2.13 bits per heavy atom. The smallest absolute Gasteiger partial charge is 0.425 e. The van der Waals surface area contributed by atoms with Crippen molar-refractivity contribution in [2.75, 3.05) is 5.32 Å². The summed E-state index contributed by atoms with van der Waals surface area (Å²) in [5.41, 5.74) is 3.73. The molecular formula is C19H14ClF4N5O2. The van der Waals surface area contributed by atoms with E-state index in [0.717, 1.165) is 6.07 Å². The number of nitriles is 1. The summed E-state index contributed by atoms with van der Waals surface area (Å²) < 4.78 is 58.7. The Morgan fingerprint density at radius 3 is 2.71 bits per heavy atom. The van der Waals surface area contributed by atoms with Crippen LogP contribution in [-0.4, -0.2) is 29.2 Å². The summed E-state index contributed by atoms with van der Waals surface area (Å²) >= 11 is 6.02. The number of aromatic nitrogens is 1. The molecule has 1 amide bonds. The van der Waals surface area contributed by atoms with Gasteiger partial charge in [-0.15, -0.1) is 0 Å². The van der Waals surface area contributed by atoms with E-state index in [1.54, 1.807) is 0 Å². The molecule has 3 rings (SSSR count). The average Bonchev–Trinajstić information content (AvgIpc) is 2.69. The van der Waals surface area contributed by atoms with Crippen molar-refractivity contribution in [3.05, 3.63) is 58.1 Å². The minimum Gasteiger partial charge on any atom is -0.452 e. The normalized spacial score (nSPS) is 20.9. The van der Waals surface area contributed by atoms with Crippen LogP contribution < -0.4 is 11.1 Å². The maximum Gasteiger partial charge on any atom is 0.425 e. The molecule has 0 bridgehead atoms. The number of nitrogens with one attached hydrogen (secondary N) is 1. The molecule has 31 heavy (non-hydrogen) atoms. The zero-order valence-corrected chi connectivity index (χ0v) is 16.6. The number of aliphatic imine (C=N–C) groups is 1. The minimum absolute atomic E-state index is 0.0624. The molecule has 1 aliphatic heterocycles. The molecule has 1 aromatic heterocycles. The highest BCUT2D eigenvalue weighted by Crippen LogP contribution is 2.43. The number of carbonyl (C=O) groups excluding carboxylic acids is 1. The summed E-state index contributed by atoms with van der Waals surface area (Å²) in [6.45, 7) is 1.30. The fourth-order valence-corrected chi connectivity index (χ4v) is 3.37. The monoisotopic (exact) mass is 455 g/mol. The number of anilines is 1. The van der Waals surface area contributed by atoms with Gasteiger partial charge in [-0.3, -0.25) is 4.79 Å².